The monoisotopic (exact) mass is 374 g/mol. The molecule has 148 valence electrons. The van der Waals surface area contributed by atoms with Gasteiger partial charge in [0.05, 0.1) is 5.60 Å². The number of urea groups is 1. The van der Waals surface area contributed by atoms with Crippen LogP contribution in [0.15, 0.2) is 18.2 Å². The Kier molecular flexibility index (Phi) is 6.34. The summed E-state index contributed by atoms with van der Waals surface area (Å²) in [5.41, 5.74) is 1.28. The Balaban J connectivity index is 1.56. The second-order valence-electron chi connectivity index (χ2n) is 7.76. The molecule has 0 bridgehead atoms. The summed E-state index contributed by atoms with van der Waals surface area (Å²) in [6, 6.07) is 5.10. The molecule has 5 N–H and O–H groups in total. The highest BCUT2D eigenvalue weighted by Crippen LogP contribution is 2.28. The van der Waals surface area contributed by atoms with Crippen molar-refractivity contribution in [3.63, 3.8) is 0 Å². The Labute approximate surface area is 160 Å². The summed E-state index contributed by atoms with van der Waals surface area (Å²) >= 11 is 0. The minimum absolute atomic E-state index is 0.0595. The highest BCUT2D eigenvalue weighted by molar-refractivity contribution is 5.96. The molecule has 1 saturated carbocycles. The standard InChI is InChI=1S/C20H30N4O3/c1-14-16(23-18(25)15-6-2-3-7-15)8-4-9-17(14)24-19(26)22-13-20(27)10-5-11-21-12-20/h4,8-9,15,21,27H,2-3,5-7,10-13H2,1H3,(H,23,25)(H2,22,24,26)/t20-/m1/s1. The third-order valence-electron chi connectivity index (χ3n) is 5.59. The molecule has 0 spiro atoms. The predicted octanol–water partition coefficient (Wildman–Crippen LogP) is 2.36. The number of carbonyl (C=O) groups excluding carboxylic acids is 2. The van der Waals surface area contributed by atoms with E-state index in [1.54, 1.807) is 6.07 Å². The number of rotatable bonds is 5. The fourth-order valence-electron chi connectivity index (χ4n) is 3.84. The largest absolute Gasteiger partial charge is 0.387 e. The Bertz CT molecular complexity index is 680. The van der Waals surface area contributed by atoms with Crippen LogP contribution in [0.3, 0.4) is 0 Å². The number of benzene rings is 1. The molecule has 1 aromatic carbocycles. The number of hydrogen-bond donors (Lipinski definition) is 5. The number of β-amino-alcohol motifs (C(OH)–C–C–N with tert-alkyl or cyclic N) is 1. The van der Waals surface area contributed by atoms with Crippen molar-refractivity contribution < 1.29 is 14.7 Å². The van der Waals surface area contributed by atoms with Crippen molar-refractivity contribution in [3.8, 4) is 0 Å². The van der Waals surface area contributed by atoms with Crippen LogP contribution in [0.2, 0.25) is 0 Å². The van der Waals surface area contributed by atoms with Crippen LogP contribution < -0.4 is 21.3 Å². The van der Waals surface area contributed by atoms with E-state index in [2.05, 4.69) is 21.3 Å². The minimum atomic E-state index is -0.901. The molecule has 1 saturated heterocycles. The Morgan fingerprint density at radius 2 is 1.89 bits per heavy atom. The summed E-state index contributed by atoms with van der Waals surface area (Å²) < 4.78 is 0. The van der Waals surface area contributed by atoms with E-state index in [-0.39, 0.29) is 24.4 Å². The molecule has 0 unspecified atom stereocenters. The zero-order valence-corrected chi connectivity index (χ0v) is 15.9. The molecule has 0 aromatic heterocycles. The molecular formula is C20H30N4O3. The normalized spacial score (nSPS) is 23.0. The first-order valence-electron chi connectivity index (χ1n) is 9.85. The second kappa shape index (κ2) is 8.71. The molecule has 7 nitrogen and oxygen atoms in total. The summed E-state index contributed by atoms with van der Waals surface area (Å²) in [6.45, 7) is 3.45. The van der Waals surface area contributed by atoms with Crippen molar-refractivity contribution in [2.24, 2.45) is 5.92 Å². The van der Waals surface area contributed by atoms with Crippen LogP contribution >= 0.6 is 0 Å². The first-order valence-corrected chi connectivity index (χ1v) is 9.85. The average Bonchev–Trinajstić information content (AvgIpc) is 3.19. The smallest absolute Gasteiger partial charge is 0.319 e. The van der Waals surface area contributed by atoms with Crippen LogP contribution in [-0.2, 0) is 4.79 Å². The van der Waals surface area contributed by atoms with Crippen LogP contribution in [0.4, 0.5) is 16.2 Å². The number of anilines is 2. The summed E-state index contributed by atoms with van der Waals surface area (Å²) in [5.74, 6) is 0.151. The molecule has 3 rings (SSSR count). The van der Waals surface area contributed by atoms with E-state index >= 15 is 0 Å². The van der Waals surface area contributed by atoms with E-state index in [4.69, 9.17) is 0 Å². The van der Waals surface area contributed by atoms with Crippen LogP contribution in [0.5, 0.6) is 0 Å². The maximum absolute atomic E-state index is 12.4. The van der Waals surface area contributed by atoms with Crippen LogP contribution in [-0.4, -0.2) is 42.3 Å². The van der Waals surface area contributed by atoms with Crippen molar-refractivity contribution in [2.75, 3.05) is 30.3 Å². The second-order valence-corrected chi connectivity index (χ2v) is 7.76. The van der Waals surface area contributed by atoms with Gasteiger partial charge in [-0.1, -0.05) is 18.9 Å². The minimum Gasteiger partial charge on any atom is -0.387 e. The highest BCUT2D eigenvalue weighted by atomic mass is 16.3. The van der Waals surface area contributed by atoms with E-state index in [0.29, 0.717) is 18.7 Å². The molecule has 2 fully saturated rings. The molecule has 1 aromatic rings. The van der Waals surface area contributed by atoms with Gasteiger partial charge in [-0.25, -0.2) is 4.79 Å². The van der Waals surface area contributed by atoms with Gasteiger partial charge in [-0.3, -0.25) is 4.79 Å². The zero-order valence-electron chi connectivity index (χ0n) is 15.9. The Hall–Kier alpha value is -2.12. The lowest BCUT2D eigenvalue weighted by Gasteiger charge is -2.32. The van der Waals surface area contributed by atoms with Gasteiger partial charge >= 0.3 is 6.03 Å². The first-order chi connectivity index (χ1) is 13.0. The summed E-state index contributed by atoms with van der Waals surface area (Å²) in [6.07, 6.45) is 5.68. The van der Waals surface area contributed by atoms with Crippen LogP contribution in [0.1, 0.15) is 44.1 Å². The van der Waals surface area contributed by atoms with E-state index in [9.17, 15) is 14.7 Å². The van der Waals surface area contributed by atoms with Gasteiger partial charge in [0, 0.05) is 30.4 Å². The molecule has 1 aliphatic heterocycles. The van der Waals surface area contributed by atoms with Gasteiger partial charge < -0.3 is 26.4 Å². The van der Waals surface area contributed by atoms with E-state index in [1.165, 1.54) is 0 Å². The quantitative estimate of drug-likeness (QED) is 0.546. The van der Waals surface area contributed by atoms with Crippen molar-refractivity contribution in [2.45, 2.75) is 51.0 Å². The Morgan fingerprint density at radius 1 is 1.19 bits per heavy atom. The zero-order chi connectivity index (χ0) is 19.3. The Morgan fingerprint density at radius 3 is 2.56 bits per heavy atom. The van der Waals surface area contributed by atoms with Gasteiger partial charge in [0.2, 0.25) is 5.91 Å². The first kappa shape index (κ1) is 19.6. The molecule has 0 radical (unpaired) electrons. The van der Waals surface area contributed by atoms with Crippen molar-refractivity contribution >= 4 is 23.3 Å². The maximum Gasteiger partial charge on any atom is 0.319 e. The van der Waals surface area contributed by atoms with Crippen LogP contribution in [0.25, 0.3) is 0 Å². The summed E-state index contributed by atoms with van der Waals surface area (Å²) in [4.78, 5) is 24.6. The van der Waals surface area contributed by atoms with Gasteiger partial charge in [0.15, 0.2) is 0 Å². The molecule has 1 aliphatic carbocycles. The number of aliphatic hydroxyl groups is 1. The fraction of sp³-hybridized carbons (Fsp3) is 0.600. The average molecular weight is 374 g/mol. The number of nitrogens with one attached hydrogen (secondary N) is 4. The molecule has 1 heterocycles. The summed E-state index contributed by atoms with van der Waals surface area (Å²) in [7, 11) is 0. The topological polar surface area (TPSA) is 102 Å². The van der Waals surface area contributed by atoms with Gasteiger partial charge in [0.1, 0.15) is 0 Å². The third-order valence-corrected chi connectivity index (χ3v) is 5.59. The fourth-order valence-corrected chi connectivity index (χ4v) is 3.84. The number of hydrogen-bond acceptors (Lipinski definition) is 4. The molecule has 27 heavy (non-hydrogen) atoms. The number of piperidine rings is 1. The van der Waals surface area contributed by atoms with Gasteiger partial charge in [-0.15, -0.1) is 0 Å². The number of carbonyl (C=O) groups is 2. The number of amides is 3. The van der Waals surface area contributed by atoms with Gasteiger partial charge in [-0.2, -0.15) is 0 Å². The molecule has 3 amide bonds. The van der Waals surface area contributed by atoms with E-state index in [0.717, 1.165) is 49.9 Å². The van der Waals surface area contributed by atoms with Crippen LogP contribution in [0, 0.1) is 12.8 Å². The van der Waals surface area contributed by atoms with E-state index in [1.807, 2.05) is 19.1 Å². The van der Waals surface area contributed by atoms with Crippen molar-refractivity contribution in [1.82, 2.24) is 10.6 Å². The predicted molar refractivity (Wildman–Crippen MR) is 106 cm³/mol. The maximum atomic E-state index is 12.4. The lowest BCUT2D eigenvalue weighted by Crippen LogP contribution is -2.53. The molecule has 7 heteroatoms. The van der Waals surface area contributed by atoms with Crippen molar-refractivity contribution in [3.05, 3.63) is 23.8 Å². The molecule has 1 atom stereocenters. The van der Waals surface area contributed by atoms with Crippen molar-refractivity contribution in [1.29, 1.82) is 0 Å². The SMILES string of the molecule is Cc1c(NC(=O)NC[C@@]2(O)CCCNC2)cccc1NC(=O)C1CCCC1. The van der Waals surface area contributed by atoms with Gasteiger partial charge in [0.25, 0.3) is 0 Å². The molecular weight excluding hydrogens is 344 g/mol. The highest BCUT2D eigenvalue weighted by Gasteiger charge is 2.29. The molecule has 2 aliphatic rings. The lowest BCUT2D eigenvalue weighted by molar-refractivity contribution is -0.119. The van der Waals surface area contributed by atoms with E-state index < -0.39 is 5.60 Å². The third kappa shape index (κ3) is 5.20. The van der Waals surface area contributed by atoms with Gasteiger partial charge in [-0.05, 0) is 56.8 Å². The lowest BCUT2D eigenvalue weighted by atomic mass is 9.94. The summed E-state index contributed by atoms with van der Waals surface area (Å²) in [5, 5.41) is 22.1.